The van der Waals surface area contributed by atoms with Crippen LogP contribution in [0.2, 0.25) is 6.04 Å². The van der Waals surface area contributed by atoms with E-state index in [-0.39, 0.29) is 0 Å². The molecule has 0 atom stereocenters. The van der Waals surface area contributed by atoms with Crippen molar-refractivity contribution in [1.82, 2.24) is 0 Å². The lowest BCUT2D eigenvalue weighted by Gasteiger charge is -2.51. The first-order chi connectivity index (χ1) is 15.6. The van der Waals surface area contributed by atoms with Gasteiger partial charge >= 0.3 is 19.8 Å². The van der Waals surface area contributed by atoms with Crippen LogP contribution < -0.4 is 0 Å². The minimum atomic E-state index is -6.72. The Morgan fingerprint density at radius 2 is 1.14 bits per heavy atom. The van der Waals surface area contributed by atoms with Crippen LogP contribution in [0, 0.1) is 0 Å². The van der Waals surface area contributed by atoms with E-state index in [0.717, 1.165) is 16.6 Å². The summed E-state index contributed by atoms with van der Waals surface area (Å²) in [6.07, 6.45) is 5.22. The molecule has 35 heavy (non-hydrogen) atoms. The predicted octanol–water partition coefficient (Wildman–Crippen LogP) is 4.11. The highest BCUT2D eigenvalue weighted by molar-refractivity contribution is 8.13. The van der Waals surface area contributed by atoms with Gasteiger partial charge < -0.3 is 21.9 Å². The zero-order valence-corrected chi connectivity index (χ0v) is 23.1. The molecule has 1 aliphatic rings. The lowest BCUT2D eigenvalue weighted by molar-refractivity contribution is -0.974. The first-order valence-electron chi connectivity index (χ1n) is 10.4. The molecule has 0 spiro atoms. The fourth-order valence-electron chi connectivity index (χ4n) is 3.72. The third kappa shape index (κ3) is 9.39. The molecule has 1 rings (SSSR count). The Morgan fingerprint density at radius 3 is 1.43 bits per heavy atom. The number of sulfonamides is 2. The second-order valence-corrected chi connectivity index (χ2v) is 15.4. The predicted molar refractivity (Wildman–Crippen MR) is 118 cm³/mol. The maximum Gasteiger partial charge on any atom is 0.500 e. The summed E-state index contributed by atoms with van der Waals surface area (Å²) in [5, 5.41) is 0. The molecule has 0 aromatic rings. The highest BCUT2D eigenvalue weighted by Gasteiger charge is 2.47. The van der Waals surface area contributed by atoms with Crippen molar-refractivity contribution in [2.24, 2.45) is 0 Å². The minimum Gasteiger partial charge on any atom is -0.421 e. The van der Waals surface area contributed by atoms with Crippen LogP contribution in [0.4, 0.5) is 26.3 Å². The summed E-state index contributed by atoms with van der Waals surface area (Å²) in [7, 11) is -10.7. The summed E-state index contributed by atoms with van der Waals surface area (Å²) in [5.74, 6) is 0. The van der Waals surface area contributed by atoms with E-state index in [1.54, 1.807) is 21.3 Å². The molecule has 1 heterocycles. The van der Waals surface area contributed by atoms with Gasteiger partial charge in [0.1, 0.15) is 0 Å². The van der Waals surface area contributed by atoms with E-state index in [0.29, 0.717) is 5.54 Å². The average molecular weight is 585 g/mol. The van der Waals surface area contributed by atoms with Crippen molar-refractivity contribution in [3.63, 3.8) is 0 Å². The molecule has 18 heteroatoms. The average Bonchev–Trinajstić information content (AvgIpc) is 2.69. The van der Waals surface area contributed by atoms with Crippen molar-refractivity contribution in [2.45, 2.75) is 69.1 Å². The number of halogens is 6. The van der Waals surface area contributed by atoms with Gasteiger partial charge in [-0.3, -0.25) is 0 Å². The summed E-state index contributed by atoms with van der Waals surface area (Å²) in [4.78, 5) is 0. The summed E-state index contributed by atoms with van der Waals surface area (Å²) in [6, 6.07) is 0.909. The van der Waals surface area contributed by atoms with E-state index >= 15 is 0 Å². The molecular weight excluding hydrogens is 550 g/mol. The van der Waals surface area contributed by atoms with Crippen molar-refractivity contribution in [2.75, 3.05) is 41.0 Å². The van der Waals surface area contributed by atoms with Gasteiger partial charge in [0.15, 0.2) is 20.0 Å². The Hall–Kier alpha value is -0.503. The van der Waals surface area contributed by atoms with Crippen LogP contribution >= 0.6 is 0 Å². The Morgan fingerprint density at radius 1 is 0.771 bits per heavy atom. The fourth-order valence-corrected chi connectivity index (χ4v) is 7.13. The minimum absolute atomic E-state index is 0.317. The van der Waals surface area contributed by atoms with Gasteiger partial charge in [-0.05, 0) is 40.0 Å². The summed E-state index contributed by atoms with van der Waals surface area (Å²) >= 11 is 0. The molecule has 1 fully saturated rings. The van der Waals surface area contributed by atoms with Crippen molar-refractivity contribution in [3.8, 4) is 0 Å². The van der Waals surface area contributed by atoms with E-state index in [1.807, 2.05) is 0 Å². The zero-order chi connectivity index (χ0) is 28.0. The van der Waals surface area contributed by atoms with Crippen molar-refractivity contribution < 1.29 is 60.9 Å². The third-order valence-electron chi connectivity index (χ3n) is 5.88. The number of hydrogen-bond donors (Lipinski definition) is 0. The number of alkyl halides is 6. The standard InChI is InChI=1S/C15H34NO3Si.C2F6NO4S2/c1-15(2,3)16(11-8-7-9-12-16)13-10-14-20(17-4,18-5)19-6;3-1(4,5)14(10,11)9-15(12,13)2(6,7)8/h7-14H2,1-6H3;/q+1;-1. The maximum absolute atomic E-state index is 11.4. The van der Waals surface area contributed by atoms with Gasteiger partial charge in [0.2, 0.25) is 0 Å². The SMILES string of the molecule is CO[Si](CCC[N+]1(C(C)(C)C)CCCCC1)(OC)OC.O=S(=O)([N-]S(=O)(=O)C(F)(F)F)C(F)(F)F. The number of hydrogen-bond acceptors (Lipinski definition) is 7. The lowest BCUT2D eigenvalue weighted by atomic mass is 9.95. The van der Waals surface area contributed by atoms with Gasteiger partial charge in [0.05, 0.1) is 25.2 Å². The number of rotatable bonds is 9. The first-order valence-corrected chi connectivity index (χ1v) is 15.2. The Labute approximate surface area is 204 Å². The molecule has 9 nitrogen and oxygen atoms in total. The highest BCUT2D eigenvalue weighted by Crippen LogP contribution is 2.36. The molecule has 0 amide bonds. The topological polar surface area (TPSA) is 110 Å². The quantitative estimate of drug-likeness (QED) is 0.228. The second-order valence-electron chi connectivity index (χ2n) is 8.86. The summed E-state index contributed by atoms with van der Waals surface area (Å²) in [6.45, 7) is 11.0. The molecule has 0 unspecified atom stereocenters. The molecule has 0 aromatic heterocycles. The molecule has 0 N–H and O–H groups in total. The first kappa shape index (κ1) is 34.5. The number of quaternary nitrogens is 1. The lowest BCUT2D eigenvalue weighted by Crippen LogP contribution is -2.63. The van der Waals surface area contributed by atoms with E-state index in [2.05, 4.69) is 20.8 Å². The van der Waals surface area contributed by atoms with Crippen LogP contribution in [0.5, 0.6) is 0 Å². The second kappa shape index (κ2) is 12.4. The Kier molecular flexibility index (Phi) is 12.2. The van der Waals surface area contributed by atoms with Crippen molar-refractivity contribution in [3.05, 3.63) is 4.13 Å². The van der Waals surface area contributed by atoms with Gasteiger partial charge in [0, 0.05) is 33.8 Å². The molecular formula is C17H34F6N2O7S2Si. The number of likely N-dealkylation sites (tertiary alicyclic amines) is 1. The molecule has 0 radical (unpaired) electrons. The number of piperidine rings is 1. The van der Waals surface area contributed by atoms with Gasteiger partial charge in [-0.1, -0.05) is 0 Å². The van der Waals surface area contributed by atoms with Gasteiger partial charge in [-0.25, -0.2) is 16.8 Å². The van der Waals surface area contributed by atoms with Crippen LogP contribution in [0.3, 0.4) is 0 Å². The van der Waals surface area contributed by atoms with Crippen LogP contribution in [-0.2, 0) is 33.3 Å². The Bertz CT molecular complexity index is 815. The van der Waals surface area contributed by atoms with Crippen LogP contribution in [0.15, 0.2) is 0 Å². The normalized spacial score (nSPS) is 18.1. The van der Waals surface area contributed by atoms with E-state index in [1.165, 1.54) is 43.4 Å². The molecule has 0 saturated carbocycles. The van der Waals surface area contributed by atoms with Gasteiger partial charge in [0.25, 0.3) is 0 Å². The molecule has 1 aliphatic heterocycles. The summed E-state index contributed by atoms with van der Waals surface area (Å²) in [5.41, 5.74) is -12.1. The molecule has 212 valence electrons. The van der Waals surface area contributed by atoms with Crippen LogP contribution in [0.25, 0.3) is 4.13 Å². The van der Waals surface area contributed by atoms with E-state index in [4.69, 9.17) is 13.3 Å². The van der Waals surface area contributed by atoms with E-state index < -0.39 is 39.9 Å². The van der Waals surface area contributed by atoms with E-state index in [9.17, 15) is 43.2 Å². The Balaban J connectivity index is 0.000000691. The van der Waals surface area contributed by atoms with Crippen LogP contribution in [0.1, 0.15) is 46.5 Å². The van der Waals surface area contributed by atoms with Gasteiger partial charge in [-0.15, -0.1) is 0 Å². The smallest absolute Gasteiger partial charge is 0.421 e. The van der Waals surface area contributed by atoms with Crippen LogP contribution in [-0.4, -0.2) is 87.6 Å². The number of nitrogens with zero attached hydrogens (tertiary/aromatic N) is 2. The maximum atomic E-state index is 11.4. The third-order valence-corrected chi connectivity index (χ3v) is 11.5. The largest absolute Gasteiger partial charge is 0.500 e. The molecule has 0 aromatic carbocycles. The molecule has 0 aliphatic carbocycles. The summed E-state index contributed by atoms with van der Waals surface area (Å²) < 4.78 is 127. The zero-order valence-electron chi connectivity index (χ0n) is 20.5. The molecule has 1 saturated heterocycles. The fraction of sp³-hybridized carbons (Fsp3) is 1.00. The van der Waals surface area contributed by atoms with Crippen molar-refractivity contribution >= 4 is 28.9 Å². The highest BCUT2D eigenvalue weighted by atomic mass is 32.3. The molecule has 0 bridgehead atoms. The van der Waals surface area contributed by atoms with Crippen molar-refractivity contribution in [1.29, 1.82) is 0 Å². The monoisotopic (exact) mass is 584 g/mol. The van der Waals surface area contributed by atoms with Gasteiger partial charge in [-0.2, -0.15) is 26.3 Å².